The van der Waals surface area contributed by atoms with Crippen molar-refractivity contribution in [3.8, 4) is 5.75 Å². The lowest BCUT2D eigenvalue weighted by atomic mass is 9.80. The van der Waals surface area contributed by atoms with Crippen molar-refractivity contribution in [2.75, 3.05) is 33.8 Å². The minimum atomic E-state index is 0.322. The van der Waals surface area contributed by atoms with Gasteiger partial charge in [-0.1, -0.05) is 25.1 Å². The van der Waals surface area contributed by atoms with E-state index in [9.17, 15) is 0 Å². The topological polar surface area (TPSA) is 24.5 Å². The van der Waals surface area contributed by atoms with Crippen LogP contribution >= 0.6 is 0 Å². The minimum Gasteiger partial charge on any atom is -0.496 e. The van der Waals surface area contributed by atoms with E-state index in [1.54, 1.807) is 7.11 Å². The van der Waals surface area contributed by atoms with Gasteiger partial charge in [0.1, 0.15) is 5.75 Å². The largest absolute Gasteiger partial charge is 0.496 e. The lowest BCUT2D eigenvalue weighted by molar-refractivity contribution is 0.134. The van der Waals surface area contributed by atoms with Gasteiger partial charge >= 0.3 is 0 Å². The first-order valence-electron chi connectivity index (χ1n) is 7.59. The maximum atomic E-state index is 5.45. The molecule has 1 aromatic rings. The molecule has 0 spiro atoms. The van der Waals surface area contributed by atoms with Gasteiger partial charge in [0.25, 0.3) is 0 Å². The zero-order valence-electron chi connectivity index (χ0n) is 13.3. The summed E-state index contributed by atoms with van der Waals surface area (Å²) in [6.07, 6.45) is 2.55. The third-order valence-electron chi connectivity index (χ3n) is 4.63. The van der Waals surface area contributed by atoms with Crippen LogP contribution in [0.1, 0.15) is 38.3 Å². The summed E-state index contributed by atoms with van der Waals surface area (Å²) in [5.74, 6) is 0.973. The molecule has 1 unspecified atom stereocenters. The molecule has 2 rings (SSSR count). The van der Waals surface area contributed by atoms with Crippen molar-refractivity contribution in [2.24, 2.45) is 5.41 Å². The first-order chi connectivity index (χ1) is 9.54. The standard InChI is InChI=1S/C17H28N2O/c1-14(15-7-5-6-8-16(15)20-4)18-13-17(2)9-11-19(3)12-10-17/h5-8,14,18H,9-13H2,1-4H3. The van der Waals surface area contributed by atoms with Gasteiger partial charge in [0, 0.05) is 18.2 Å². The van der Waals surface area contributed by atoms with Gasteiger partial charge in [0.15, 0.2) is 0 Å². The number of nitrogens with one attached hydrogen (secondary N) is 1. The summed E-state index contributed by atoms with van der Waals surface area (Å²) in [6.45, 7) is 8.11. The molecule has 0 bridgehead atoms. The van der Waals surface area contributed by atoms with Crippen molar-refractivity contribution in [1.82, 2.24) is 10.2 Å². The molecule has 1 atom stereocenters. The molecule has 1 aliphatic rings. The number of likely N-dealkylation sites (tertiary alicyclic amines) is 1. The number of hydrogen-bond acceptors (Lipinski definition) is 3. The molecule has 1 aromatic carbocycles. The van der Waals surface area contributed by atoms with Crippen LogP contribution in [-0.2, 0) is 0 Å². The highest BCUT2D eigenvalue weighted by Crippen LogP contribution is 2.31. The highest BCUT2D eigenvalue weighted by Gasteiger charge is 2.29. The van der Waals surface area contributed by atoms with E-state index in [4.69, 9.17) is 4.74 Å². The second-order valence-corrected chi connectivity index (χ2v) is 6.46. The smallest absolute Gasteiger partial charge is 0.123 e. The van der Waals surface area contributed by atoms with E-state index in [0.29, 0.717) is 11.5 Å². The van der Waals surface area contributed by atoms with E-state index in [0.717, 1.165) is 12.3 Å². The molecule has 20 heavy (non-hydrogen) atoms. The van der Waals surface area contributed by atoms with Gasteiger partial charge < -0.3 is 15.0 Å². The molecule has 0 amide bonds. The van der Waals surface area contributed by atoms with Crippen molar-refractivity contribution in [3.63, 3.8) is 0 Å². The molecule has 1 fully saturated rings. The molecule has 1 heterocycles. The summed E-state index contributed by atoms with van der Waals surface area (Å²) in [4.78, 5) is 2.42. The Kier molecular flexibility index (Phi) is 5.06. The molecule has 0 aliphatic carbocycles. The van der Waals surface area contributed by atoms with Gasteiger partial charge in [-0.15, -0.1) is 0 Å². The van der Waals surface area contributed by atoms with Crippen LogP contribution in [0.4, 0.5) is 0 Å². The number of methoxy groups -OCH3 is 1. The van der Waals surface area contributed by atoms with Gasteiger partial charge in [-0.25, -0.2) is 0 Å². The van der Waals surface area contributed by atoms with Crippen LogP contribution < -0.4 is 10.1 Å². The molecule has 3 heteroatoms. The lowest BCUT2D eigenvalue weighted by Crippen LogP contribution is -2.42. The van der Waals surface area contributed by atoms with E-state index < -0.39 is 0 Å². The number of rotatable bonds is 5. The summed E-state index contributed by atoms with van der Waals surface area (Å²) in [6, 6.07) is 8.60. The molecule has 0 aromatic heterocycles. The number of para-hydroxylation sites is 1. The monoisotopic (exact) mass is 276 g/mol. The Balaban J connectivity index is 1.93. The van der Waals surface area contributed by atoms with E-state index in [-0.39, 0.29) is 0 Å². The van der Waals surface area contributed by atoms with Gasteiger partial charge in [0.05, 0.1) is 7.11 Å². The zero-order chi connectivity index (χ0) is 14.6. The Labute approximate surface area is 123 Å². The second-order valence-electron chi connectivity index (χ2n) is 6.46. The lowest BCUT2D eigenvalue weighted by Gasteiger charge is -2.38. The summed E-state index contributed by atoms with van der Waals surface area (Å²) >= 11 is 0. The first kappa shape index (κ1) is 15.3. The van der Waals surface area contributed by atoms with Gasteiger partial charge in [-0.05, 0) is 51.4 Å². The summed E-state index contributed by atoms with van der Waals surface area (Å²) in [5.41, 5.74) is 1.66. The maximum absolute atomic E-state index is 5.45. The van der Waals surface area contributed by atoms with E-state index in [2.05, 4.69) is 43.2 Å². The van der Waals surface area contributed by atoms with Crippen LogP contribution in [0.15, 0.2) is 24.3 Å². The van der Waals surface area contributed by atoms with Crippen LogP contribution in [0, 0.1) is 5.41 Å². The molecule has 0 saturated carbocycles. The predicted octanol–water partition coefficient (Wildman–Crippen LogP) is 3.08. The average molecular weight is 276 g/mol. The molecule has 1 saturated heterocycles. The Bertz CT molecular complexity index is 425. The Hall–Kier alpha value is -1.06. The van der Waals surface area contributed by atoms with E-state index >= 15 is 0 Å². The van der Waals surface area contributed by atoms with Crippen molar-refractivity contribution >= 4 is 0 Å². The van der Waals surface area contributed by atoms with Crippen molar-refractivity contribution < 1.29 is 4.74 Å². The third-order valence-corrected chi connectivity index (χ3v) is 4.63. The van der Waals surface area contributed by atoms with Crippen molar-refractivity contribution in [1.29, 1.82) is 0 Å². The fraction of sp³-hybridized carbons (Fsp3) is 0.647. The van der Waals surface area contributed by atoms with Crippen LogP contribution in [0.25, 0.3) is 0 Å². The molecule has 0 radical (unpaired) electrons. The number of piperidine rings is 1. The van der Waals surface area contributed by atoms with Crippen LogP contribution in [0.2, 0.25) is 0 Å². The number of hydrogen-bond donors (Lipinski definition) is 1. The molecule has 112 valence electrons. The van der Waals surface area contributed by atoms with E-state index in [1.807, 2.05) is 12.1 Å². The van der Waals surface area contributed by atoms with Crippen molar-refractivity contribution in [3.05, 3.63) is 29.8 Å². The normalized spacial score (nSPS) is 20.6. The molecule has 1 aliphatic heterocycles. The number of ether oxygens (including phenoxy) is 1. The van der Waals surface area contributed by atoms with Crippen LogP contribution in [0.5, 0.6) is 5.75 Å². The third kappa shape index (κ3) is 3.74. The SMILES string of the molecule is COc1ccccc1C(C)NCC1(C)CCN(C)CC1. The fourth-order valence-electron chi connectivity index (χ4n) is 2.87. The fourth-order valence-corrected chi connectivity index (χ4v) is 2.87. The van der Waals surface area contributed by atoms with Crippen molar-refractivity contribution in [2.45, 2.75) is 32.7 Å². The summed E-state index contributed by atoms with van der Waals surface area (Å²) in [5, 5.41) is 3.70. The predicted molar refractivity (Wildman–Crippen MR) is 84.2 cm³/mol. The van der Waals surface area contributed by atoms with Gasteiger partial charge in [-0.3, -0.25) is 0 Å². The average Bonchev–Trinajstić information content (AvgIpc) is 2.48. The molecular formula is C17H28N2O. The van der Waals surface area contributed by atoms with E-state index in [1.165, 1.54) is 31.5 Å². The molecule has 1 N–H and O–H groups in total. The highest BCUT2D eigenvalue weighted by atomic mass is 16.5. The number of nitrogens with zero attached hydrogens (tertiary/aromatic N) is 1. The van der Waals surface area contributed by atoms with Crippen LogP contribution in [0.3, 0.4) is 0 Å². The quantitative estimate of drug-likeness (QED) is 0.894. The summed E-state index contributed by atoms with van der Waals surface area (Å²) < 4.78 is 5.45. The summed E-state index contributed by atoms with van der Waals surface area (Å²) in [7, 11) is 3.95. The zero-order valence-corrected chi connectivity index (χ0v) is 13.3. The molecule has 3 nitrogen and oxygen atoms in total. The van der Waals surface area contributed by atoms with Crippen LogP contribution in [-0.4, -0.2) is 38.7 Å². The highest BCUT2D eigenvalue weighted by molar-refractivity contribution is 5.35. The Morgan fingerprint density at radius 1 is 1.30 bits per heavy atom. The molecular weight excluding hydrogens is 248 g/mol. The minimum absolute atomic E-state index is 0.322. The number of benzene rings is 1. The first-order valence-corrected chi connectivity index (χ1v) is 7.59. The Morgan fingerprint density at radius 2 is 1.95 bits per heavy atom. The second kappa shape index (κ2) is 6.59. The Morgan fingerprint density at radius 3 is 2.60 bits per heavy atom. The van der Waals surface area contributed by atoms with Gasteiger partial charge in [-0.2, -0.15) is 0 Å². The maximum Gasteiger partial charge on any atom is 0.123 e. The van der Waals surface area contributed by atoms with Gasteiger partial charge in [0.2, 0.25) is 0 Å².